The van der Waals surface area contributed by atoms with Gasteiger partial charge in [0.2, 0.25) is 0 Å². The maximum atomic E-state index is 10.1. The number of nitrogen functional groups attached to an aromatic ring is 1. The molecule has 22 heavy (non-hydrogen) atoms. The van der Waals surface area contributed by atoms with Crippen molar-refractivity contribution < 1.29 is 5.11 Å². The Morgan fingerprint density at radius 1 is 1.09 bits per heavy atom. The average Bonchev–Trinajstić information content (AvgIpc) is 2.55. The molecule has 1 unspecified atom stereocenters. The molecule has 0 saturated heterocycles. The van der Waals surface area contributed by atoms with Gasteiger partial charge >= 0.3 is 0 Å². The third kappa shape index (κ3) is 3.12. The minimum absolute atomic E-state index is 0.427. The topological polar surface area (TPSA) is 97.0 Å². The van der Waals surface area contributed by atoms with Crippen molar-refractivity contribution in [1.82, 2.24) is 15.0 Å². The number of fused-ring (bicyclic) bond motifs is 1. The summed E-state index contributed by atoms with van der Waals surface area (Å²) in [7, 11) is 0. The number of pyridine rings is 1. The quantitative estimate of drug-likeness (QED) is 0.667. The van der Waals surface area contributed by atoms with E-state index in [1.807, 2.05) is 36.4 Å². The van der Waals surface area contributed by atoms with Crippen molar-refractivity contribution in [3.63, 3.8) is 0 Å². The van der Waals surface area contributed by atoms with Crippen LogP contribution in [0.25, 0.3) is 11.0 Å². The zero-order valence-corrected chi connectivity index (χ0v) is 12.0. The van der Waals surface area contributed by atoms with Gasteiger partial charge in [0.1, 0.15) is 18.0 Å². The van der Waals surface area contributed by atoms with Gasteiger partial charge in [-0.2, -0.15) is 0 Å². The lowest BCUT2D eigenvalue weighted by molar-refractivity contribution is 0.171. The van der Waals surface area contributed by atoms with E-state index >= 15 is 0 Å². The van der Waals surface area contributed by atoms with Crippen molar-refractivity contribution >= 4 is 22.7 Å². The van der Waals surface area contributed by atoms with E-state index in [0.29, 0.717) is 30.2 Å². The first kappa shape index (κ1) is 14.2. The Morgan fingerprint density at radius 2 is 1.91 bits per heavy atom. The van der Waals surface area contributed by atoms with E-state index in [1.54, 1.807) is 6.07 Å². The maximum absolute atomic E-state index is 10.1. The Labute approximate surface area is 128 Å². The van der Waals surface area contributed by atoms with Crippen LogP contribution >= 0.6 is 0 Å². The van der Waals surface area contributed by atoms with Crippen molar-refractivity contribution in [3.8, 4) is 0 Å². The summed E-state index contributed by atoms with van der Waals surface area (Å²) in [5.41, 5.74) is 7.12. The van der Waals surface area contributed by atoms with Gasteiger partial charge in [-0.25, -0.2) is 15.0 Å². The number of aliphatic hydroxyl groups is 1. The molecule has 0 aliphatic rings. The molecule has 3 aromatic rings. The molecule has 2 heterocycles. The summed E-state index contributed by atoms with van der Waals surface area (Å²) >= 11 is 0. The lowest BCUT2D eigenvalue weighted by atomic mass is 10.1. The second-order valence-electron chi connectivity index (χ2n) is 4.97. The Bertz CT molecular complexity index is 763. The molecule has 4 N–H and O–H groups in total. The molecule has 0 bridgehead atoms. The first-order valence-electron chi connectivity index (χ1n) is 7.08. The van der Waals surface area contributed by atoms with E-state index in [0.717, 1.165) is 10.9 Å². The summed E-state index contributed by atoms with van der Waals surface area (Å²) in [4.78, 5) is 12.5. The second-order valence-corrected chi connectivity index (χ2v) is 4.97. The van der Waals surface area contributed by atoms with Gasteiger partial charge in [0.25, 0.3) is 0 Å². The number of nitrogens with two attached hydrogens (primary N) is 1. The third-order valence-corrected chi connectivity index (χ3v) is 3.41. The molecular weight excluding hydrogens is 278 g/mol. The maximum Gasteiger partial charge on any atom is 0.166 e. The standard InChI is InChI=1S/C16H17N5O/c17-14-7-6-12-15(19-10-20-16(12)21-14)18-9-8-13(22)11-4-2-1-3-5-11/h1-7,10,13,22H,8-9H2,(H3,17,18,19,20,21). The molecule has 2 aromatic heterocycles. The van der Waals surface area contributed by atoms with Crippen LogP contribution in [0.15, 0.2) is 48.8 Å². The molecule has 0 radical (unpaired) electrons. The number of benzene rings is 1. The van der Waals surface area contributed by atoms with Gasteiger partial charge in [0.15, 0.2) is 5.65 Å². The monoisotopic (exact) mass is 295 g/mol. The van der Waals surface area contributed by atoms with Crippen LogP contribution in [-0.2, 0) is 0 Å². The van der Waals surface area contributed by atoms with Crippen LogP contribution in [0.4, 0.5) is 11.6 Å². The molecule has 0 spiro atoms. The van der Waals surface area contributed by atoms with Crippen molar-refractivity contribution in [1.29, 1.82) is 0 Å². The lowest BCUT2D eigenvalue weighted by Gasteiger charge is -2.12. The zero-order chi connectivity index (χ0) is 15.4. The molecule has 3 rings (SSSR count). The smallest absolute Gasteiger partial charge is 0.166 e. The summed E-state index contributed by atoms with van der Waals surface area (Å²) in [6.45, 7) is 0.590. The first-order chi connectivity index (χ1) is 10.7. The van der Waals surface area contributed by atoms with Crippen LogP contribution < -0.4 is 11.1 Å². The molecule has 1 atom stereocenters. The van der Waals surface area contributed by atoms with Crippen molar-refractivity contribution in [2.24, 2.45) is 0 Å². The van der Waals surface area contributed by atoms with Gasteiger partial charge in [-0.1, -0.05) is 30.3 Å². The van der Waals surface area contributed by atoms with Gasteiger partial charge in [-0.3, -0.25) is 0 Å². The predicted molar refractivity (Wildman–Crippen MR) is 86.3 cm³/mol. The van der Waals surface area contributed by atoms with Crippen LogP contribution in [0, 0.1) is 0 Å². The summed E-state index contributed by atoms with van der Waals surface area (Å²) in [6.07, 6.45) is 1.53. The van der Waals surface area contributed by atoms with Gasteiger partial charge in [-0.05, 0) is 24.1 Å². The minimum Gasteiger partial charge on any atom is -0.388 e. The third-order valence-electron chi connectivity index (χ3n) is 3.41. The highest BCUT2D eigenvalue weighted by Gasteiger charge is 2.08. The van der Waals surface area contributed by atoms with E-state index < -0.39 is 6.10 Å². The SMILES string of the molecule is Nc1ccc2c(NCCC(O)c3ccccc3)ncnc2n1. The number of aliphatic hydroxyl groups excluding tert-OH is 1. The van der Waals surface area contributed by atoms with Gasteiger partial charge in [-0.15, -0.1) is 0 Å². The highest BCUT2D eigenvalue weighted by atomic mass is 16.3. The molecular formula is C16H17N5O. The van der Waals surface area contributed by atoms with E-state index in [2.05, 4.69) is 20.3 Å². The Balaban J connectivity index is 1.67. The molecule has 0 aliphatic carbocycles. The van der Waals surface area contributed by atoms with Gasteiger partial charge in [0.05, 0.1) is 11.5 Å². The Hall–Kier alpha value is -2.73. The molecule has 0 amide bonds. The Kier molecular flexibility index (Phi) is 4.11. The number of nitrogens with zero attached hydrogens (tertiary/aromatic N) is 3. The number of anilines is 2. The number of nitrogens with one attached hydrogen (secondary N) is 1. The number of hydrogen-bond acceptors (Lipinski definition) is 6. The molecule has 0 saturated carbocycles. The fraction of sp³-hybridized carbons (Fsp3) is 0.188. The average molecular weight is 295 g/mol. The molecule has 6 heteroatoms. The minimum atomic E-state index is -0.504. The zero-order valence-electron chi connectivity index (χ0n) is 12.0. The summed E-state index contributed by atoms with van der Waals surface area (Å²) in [5, 5.41) is 14.2. The van der Waals surface area contributed by atoms with Crippen LogP contribution in [0.1, 0.15) is 18.1 Å². The molecule has 6 nitrogen and oxygen atoms in total. The van der Waals surface area contributed by atoms with Gasteiger partial charge in [0, 0.05) is 6.54 Å². The Morgan fingerprint density at radius 3 is 2.73 bits per heavy atom. The largest absolute Gasteiger partial charge is 0.388 e. The molecule has 112 valence electrons. The molecule has 1 aromatic carbocycles. The van der Waals surface area contributed by atoms with Crippen LogP contribution in [0.5, 0.6) is 0 Å². The summed E-state index contributed by atoms with van der Waals surface area (Å²) in [6, 6.07) is 13.2. The highest BCUT2D eigenvalue weighted by Crippen LogP contribution is 2.20. The van der Waals surface area contributed by atoms with Crippen molar-refractivity contribution in [3.05, 3.63) is 54.4 Å². The summed E-state index contributed by atoms with van der Waals surface area (Å²) < 4.78 is 0. The predicted octanol–water partition coefficient (Wildman–Crippen LogP) is 2.14. The number of rotatable bonds is 5. The van der Waals surface area contributed by atoms with Crippen LogP contribution in [0.2, 0.25) is 0 Å². The summed E-state index contributed by atoms with van der Waals surface area (Å²) in [5.74, 6) is 1.12. The normalized spacial score (nSPS) is 12.2. The number of aromatic nitrogens is 3. The molecule has 0 fully saturated rings. The van der Waals surface area contributed by atoms with Gasteiger partial charge < -0.3 is 16.2 Å². The van der Waals surface area contributed by atoms with Crippen LogP contribution in [-0.4, -0.2) is 26.6 Å². The highest BCUT2D eigenvalue weighted by molar-refractivity contribution is 5.86. The first-order valence-corrected chi connectivity index (χ1v) is 7.08. The second kappa shape index (κ2) is 6.36. The van der Waals surface area contributed by atoms with E-state index in [-0.39, 0.29) is 0 Å². The van der Waals surface area contributed by atoms with E-state index in [1.165, 1.54) is 6.33 Å². The molecule has 0 aliphatic heterocycles. The van der Waals surface area contributed by atoms with Crippen LogP contribution in [0.3, 0.4) is 0 Å². The van der Waals surface area contributed by atoms with E-state index in [9.17, 15) is 5.11 Å². The fourth-order valence-corrected chi connectivity index (χ4v) is 2.27. The number of hydrogen-bond donors (Lipinski definition) is 3. The van der Waals surface area contributed by atoms with Crippen molar-refractivity contribution in [2.45, 2.75) is 12.5 Å². The van der Waals surface area contributed by atoms with E-state index in [4.69, 9.17) is 5.73 Å². The van der Waals surface area contributed by atoms with Crippen molar-refractivity contribution in [2.75, 3.05) is 17.6 Å². The fourth-order valence-electron chi connectivity index (χ4n) is 2.27. The lowest BCUT2D eigenvalue weighted by Crippen LogP contribution is -2.09.